The van der Waals surface area contributed by atoms with Crippen LogP contribution in [-0.4, -0.2) is 45.4 Å². The molecule has 2 aromatic rings. The van der Waals surface area contributed by atoms with Gasteiger partial charge in [0, 0.05) is 49.7 Å². The molecule has 0 saturated heterocycles. The highest BCUT2D eigenvalue weighted by atomic mass is 19.1. The van der Waals surface area contributed by atoms with Gasteiger partial charge in [-0.25, -0.2) is 9.82 Å². The number of amides is 1. The Morgan fingerprint density at radius 2 is 2.03 bits per heavy atom. The molecule has 0 aromatic heterocycles. The molecule has 0 unspecified atom stereocenters. The minimum atomic E-state index is -0.428. The number of halogens is 1. The van der Waals surface area contributed by atoms with Gasteiger partial charge in [-0.1, -0.05) is 12.1 Å². The van der Waals surface area contributed by atoms with Gasteiger partial charge in [-0.05, 0) is 50.6 Å². The van der Waals surface area contributed by atoms with Crippen molar-refractivity contribution in [2.75, 3.05) is 37.5 Å². The van der Waals surface area contributed by atoms with Gasteiger partial charge in [0.05, 0.1) is 11.8 Å². The van der Waals surface area contributed by atoms with E-state index in [0.29, 0.717) is 11.3 Å². The first-order chi connectivity index (χ1) is 14.6. The number of benzene rings is 2. The van der Waals surface area contributed by atoms with E-state index in [-0.39, 0.29) is 12.1 Å². The highest BCUT2D eigenvalue weighted by Gasteiger charge is 2.29. The Hall–Kier alpha value is -3.35. The number of rotatable bonds is 6. The van der Waals surface area contributed by atoms with Crippen LogP contribution >= 0.6 is 0 Å². The van der Waals surface area contributed by atoms with E-state index in [0.717, 1.165) is 22.5 Å². The van der Waals surface area contributed by atoms with Gasteiger partial charge in [0.25, 0.3) is 5.91 Å². The normalized spacial score (nSPS) is 14.8. The second-order valence-electron chi connectivity index (χ2n) is 8.40. The van der Waals surface area contributed by atoms with E-state index in [9.17, 15) is 9.18 Å². The lowest BCUT2D eigenvalue weighted by atomic mass is 9.88. The number of hydrogen-bond donors (Lipinski definition) is 1. The van der Waals surface area contributed by atoms with E-state index < -0.39 is 11.7 Å². The molecule has 3 rings (SSSR count). The fraction of sp³-hybridized carbons (Fsp3) is 0.333. The minimum Gasteiger partial charge on any atom is -0.484 e. The molecule has 1 aliphatic heterocycles. The number of carbonyl (C=O) groups excluding carboxylic acids is 1. The third kappa shape index (κ3) is 5.05. The van der Waals surface area contributed by atoms with Crippen molar-refractivity contribution in [1.29, 1.82) is 0 Å². The second kappa shape index (κ2) is 8.79. The maximum absolute atomic E-state index is 14.6. The van der Waals surface area contributed by atoms with Crippen LogP contribution in [-0.2, 0) is 4.79 Å². The summed E-state index contributed by atoms with van der Waals surface area (Å²) < 4.78 is 20.2. The van der Waals surface area contributed by atoms with Gasteiger partial charge in [0.1, 0.15) is 11.6 Å². The molecule has 1 N–H and O–H groups in total. The van der Waals surface area contributed by atoms with Crippen LogP contribution in [0.2, 0.25) is 0 Å². The molecule has 1 aliphatic rings. The zero-order chi connectivity index (χ0) is 22.8. The number of nitrogens with zero attached hydrogens (tertiary/aromatic N) is 3. The predicted octanol–water partition coefficient (Wildman–Crippen LogP) is 4.05. The highest BCUT2D eigenvalue weighted by molar-refractivity contribution is 5.88. The molecule has 1 amide bonds. The van der Waals surface area contributed by atoms with Crippen molar-refractivity contribution < 1.29 is 13.9 Å². The largest absolute Gasteiger partial charge is 0.484 e. The fourth-order valence-electron chi connectivity index (χ4n) is 3.49. The lowest BCUT2D eigenvalue weighted by Crippen LogP contribution is -2.42. The smallest absolute Gasteiger partial charge is 0.277 e. The van der Waals surface area contributed by atoms with Crippen molar-refractivity contribution in [3.8, 4) is 5.75 Å². The minimum absolute atomic E-state index is 0.192. The van der Waals surface area contributed by atoms with Crippen molar-refractivity contribution in [1.82, 2.24) is 5.43 Å². The topological polar surface area (TPSA) is 57.2 Å². The molecule has 0 saturated carbocycles. The van der Waals surface area contributed by atoms with Gasteiger partial charge in [-0.2, -0.15) is 5.10 Å². The predicted molar refractivity (Wildman–Crippen MR) is 125 cm³/mol. The summed E-state index contributed by atoms with van der Waals surface area (Å²) in [5.74, 6) is -0.242. The van der Waals surface area contributed by atoms with Crippen LogP contribution in [0.3, 0.4) is 0 Å². The Morgan fingerprint density at radius 1 is 1.29 bits per heavy atom. The highest BCUT2D eigenvalue weighted by Crippen LogP contribution is 2.38. The molecule has 31 heavy (non-hydrogen) atoms. The molecule has 0 bridgehead atoms. The number of ether oxygens (including phenoxy) is 1. The quantitative estimate of drug-likeness (QED) is 0.561. The Balaban J connectivity index is 1.64. The zero-order valence-corrected chi connectivity index (χ0v) is 18.9. The van der Waals surface area contributed by atoms with Crippen LogP contribution < -0.4 is 20.0 Å². The standard InChI is InChI=1S/C24H29FN4O2/c1-16-13-24(2,3)29(6)22-12-21(25)17(10-20(16)22)14-26-27-23(30)15-31-19-9-7-8-18(11-19)28(4)5/h7-14H,15H2,1-6H3,(H,27,30)/b26-14+. The van der Waals surface area contributed by atoms with Gasteiger partial charge in [-0.15, -0.1) is 0 Å². The molecular formula is C24H29FN4O2. The van der Waals surface area contributed by atoms with Crippen LogP contribution in [0, 0.1) is 5.82 Å². The van der Waals surface area contributed by atoms with Gasteiger partial charge in [-0.3, -0.25) is 4.79 Å². The van der Waals surface area contributed by atoms with Crippen LogP contribution in [0.4, 0.5) is 15.8 Å². The Labute approximate surface area is 183 Å². The van der Waals surface area contributed by atoms with Crippen LogP contribution in [0.25, 0.3) is 5.57 Å². The average Bonchev–Trinajstić information content (AvgIpc) is 2.71. The summed E-state index contributed by atoms with van der Waals surface area (Å²) in [5, 5.41) is 3.90. The molecule has 0 radical (unpaired) electrons. The van der Waals surface area contributed by atoms with Crippen LogP contribution in [0.1, 0.15) is 31.9 Å². The van der Waals surface area contributed by atoms with E-state index >= 15 is 0 Å². The zero-order valence-electron chi connectivity index (χ0n) is 18.9. The number of carbonyl (C=O) groups is 1. The molecule has 7 heteroatoms. The number of hydrazone groups is 1. The molecule has 0 aliphatic carbocycles. The summed E-state index contributed by atoms with van der Waals surface area (Å²) in [7, 11) is 5.80. The lowest BCUT2D eigenvalue weighted by molar-refractivity contribution is -0.123. The second-order valence-corrected chi connectivity index (χ2v) is 8.40. The number of allylic oxidation sites excluding steroid dienone is 1. The van der Waals surface area contributed by atoms with Crippen molar-refractivity contribution in [2.24, 2.45) is 5.10 Å². The summed E-state index contributed by atoms with van der Waals surface area (Å²) in [6, 6.07) is 10.7. The molecular weight excluding hydrogens is 395 g/mol. The van der Waals surface area contributed by atoms with E-state index in [2.05, 4.69) is 30.5 Å². The Morgan fingerprint density at radius 3 is 2.74 bits per heavy atom. The van der Waals surface area contributed by atoms with Gasteiger partial charge >= 0.3 is 0 Å². The number of fused-ring (bicyclic) bond motifs is 1. The third-order valence-corrected chi connectivity index (χ3v) is 5.43. The first kappa shape index (κ1) is 22.3. The van der Waals surface area contributed by atoms with Crippen LogP contribution in [0.15, 0.2) is 47.6 Å². The molecule has 0 atom stereocenters. The van der Waals surface area contributed by atoms with E-state index in [4.69, 9.17) is 4.74 Å². The average molecular weight is 425 g/mol. The summed E-state index contributed by atoms with van der Waals surface area (Å²) in [4.78, 5) is 16.0. The first-order valence-electron chi connectivity index (χ1n) is 10.1. The molecule has 0 spiro atoms. The van der Waals surface area contributed by atoms with E-state index in [1.807, 2.05) is 56.1 Å². The van der Waals surface area contributed by atoms with Crippen molar-refractivity contribution in [2.45, 2.75) is 26.3 Å². The summed E-state index contributed by atoms with van der Waals surface area (Å²) in [6.07, 6.45) is 3.46. The maximum atomic E-state index is 14.6. The fourth-order valence-corrected chi connectivity index (χ4v) is 3.49. The molecule has 2 aromatic carbocycles. The third-order valence-electron chi connectivity index (χ3n) is 5.43. The monoisotopic (exact) mass is 424 g/mol. The molecule has 0 fully saturated rings. The maximum Gasteiger partial charge on any atom is 0.277 e. The molecule has 1 heterocycles. The van der Waals surface area contributed by atoms with Crippen molar-refractivity contribution in [3.63, 3.8) is 0 Å². The van der Waals surface area contributed by atoms with Crippen molar-refractivity contribution in [3.05, 3.63) is 59.4 Å². The molecule has 164 valence electrons. The van der Waals surface area contributed by atoms with Gasteiger partial charge in [0.15, 0.2) is 6.61 Å². The lowest BCUT2D eigenvalue weighted by Gasteiger charge is -2.40. The van der Waals surface area contributed by atoms with E-state index in [1.165, 1.54) is 12.3 Å². The SMILES string of the molecule is CC1=CC(C)(C)N(C)c2cc(F)c(/C=N/NC(=O)COc3cccc(N(C)C)c3)cc21. The number of hydrogen-bond acceptors (Lipinski definition) is 5. The van der Waals surface area contributed by atoms with Gasteiger partial charge in [0.2, 0.25) is 0 Å². The first-order valence-corrected chi connectivity index (χ1v) is 10.1. The van der Waals surface area contributed by atoms with E-state index in [1.54, 1.807) is 12.1 Å². The Bertz CT molecular complexity index is 1040. The van der Waals surface area contributed by atoms with Crippen LogP contribution in [0.5, 0.6) is 5.75 Å². The summed E-state index contributed by atoms with van der Waals surface area (Å²) in [5.41, 5.74) is 6.31. The molecule has 6 nitrogen and oxygen atoms in total. The summed E-state index contributed by atoms with van der Waals surface area (Å²) in [6.45, 7) is 5.99. The Kier molecular flexibility index (Phi) is 6.34. The number of likely N-dealkylation sites (N-methyl/N-ethyl adjacent to an activating group) is 1. The van der Waals surface area contributed by atoms with Crippen molar-refractivity contribution >= 4 is 29.1 Å². The number of anilines is 2. The van der Waals surface area contributed by atoms with Gasteiger partial charge < -0.3 is 14.5 Å². The number of nitrogens with one attached hydrogen (secondary N) is 1. The summed E-state index contributed by atoms with van der Waals surface area (Å²) >= 11 is 0.